The van der Waals surface area contributed by atoms with Crippen LogP contribution in [-0.4, -0.2) is 29.4 Å². The van der Waals surface area contributed by atoms with E-state index in [-0.39, 0.29) is 0 Å². The molecule has 4 rings (SSSR count). The third-order valence-corrected chi connectivity index (χ3v) is 7.70. The van der Waals surface area contributed by atoms with Gasteiger partial charge in [-0.05, 0) is 57.2 Å². The fourth-order valence-corrected chi connectivity index (χ4v) is 6.34. The summed E-state index contributed by atoms with van der Waals surface area (Å²) in [6.45, 7) is 8.10. The summed E-state index contributed by atoms with van der Waals surface area (Å²) in [6, 6.07) is 11.2. The molecule has 0 radical (unpaired) electrons. The second-order valence-electron chi connectivity index (χ2n) is 7.77. The molecule has 2 aromatic carbocycles. The highest BCUT2D eigenvalue weighted by atomic mass is 32.2. The molecule has 1 saturated heterocycles. The van der Waals surface area contributed by atoms with E-state index in [4.69, 9.17) is 4.52 Å². The minimum absolute atomic E-state index is 0.353. The molecule has 29 heavy (non-hydrogen) atoms. The summed E-state index contributed by atoms with van der Waals surface area (Å²) in [5.74, 6) is 0.844. The van der Waals surface area contributed by atoms with Crippen LogP contribution < -0.4 is 0 Å². The third-order valence-electron chi connectivity index (χ3n) is 5.49. The first-order valence-electron chi connectivity index (χ1n) is 9.78. The van der Waals surface area contributed by atoms with Gasteiger partial charge in [0.2, 0.25) is 21.7 Å². The van der Waals surface area contributed by atoms with Crippen LogP contribution in [-0.2, 0) is 10.0 Å². The molecule has 1 aliphatic heterocycles. The van der Waals surface area contributed by atoms with Gasteiger partial charge in [0.15, 0.2) is 0 Å². The van der Waals surface area contributed by atoms with Crippen molar-refractivity contribution in [2.24, 2.45) is 0 Å². The Morgan fingerprint density at radius 1 is 1.03 bits per heavy atom. The molecule has 6 nitrogen and oxygen atoms in total. The topological polar surface area (TPSA) is 76.3 Å². The van der Waals surface area contributed by atoms with Gasteiger partial charge in [0.05, 0.1) is 4.90 Å². The molecule has 2 heterocycles. The standard InChI is InChI=1S/C22H25N3O3S/c1-14-12-16(3)20(17(4)13-14)29(26,27)25-11-7-10-19(25)22-23-21(24-28-22)18-9-6-5-8-15(18)2/h5-6,8-9,12-13,19H,7,10-11H2,1-4H3/t19-/m1/s1. The first kappa shape index (κ1) is 19.8. The lowest BCUT2D eigenvalue weighted by Gasteiger charge is -2.23. The van der Waals surface area contributed by atoms with Crippen molar-refractivity contribution in [3.63, 3.8) is 0 Å². The van der Waals surface area contributed by atoms with Crippen LogP contribution in [0.25, 0.3) is 11.4 Å². The lowest BCUT2D eigenvalue weighted by molar-refractivity contribution is 0.290. The summed E-state index contributed by atoms with van der Waals surface area (Å²) in [5, 5.41) is 4.12. The molecule has 1 aliphatic rings. The second-order valence-corrected chi connectivity index (χ2v) is 9.60. The monoisotopic (exact) mass is 411 g/mol. The Morgan fingerprint density at radius 2 is 1.72 bits per heavy atom. The van der Waals surface area contributed by atoms with Gasteiger partial charge in [0, 0.05) is 12.1 Å². The Bertz CT molecular complexity index is 1140. The van der Waals surface area contributed by atoms with E-state index in [1.165, 1.54) is 4.31 Å². The summed E-state index contributed by atoms with van der Waals surface area (Å²) in [5.41, 5.74) is 4.51. The highest BCUT2D eigenvalue weighted by molar-refractivity contribution is 7.89. The molecule has 0 bridgehead atoms. The van der Waals surface area contributed by atoms with Crippen LogP contribution >= 0.6 is 0 Å². The zero-order valence-corrected chi connectivity index (χ0v) is 18.0. The number of hydrogen-bond acceptors (Lipinski definition) is 5. The molecule has 3 aromatic rings. The summed E-state index contributed by atoms with van der Waals surface area (Å²) in [7, 11) is -3.67. The molecular weight excluding hydrogens is 386 g/mol. The number of aryl methyl sites for hydroxylation is 4. The van der Waals surface area contributed by atoms with Crippen LogP contribution in [0.15, 0.2) is 45.8 Å². The van der Waals surface area contributed by atoms with Gasteiger partial charge in [-0.1, -0.05) is 47.1 Å². The number of rotatable bonds is 4. The predicted octanol–water partition coefficient (Wildman–Crippen LogP) is 4.50. The molecule has 1 fully saturated rings. The normalized spacial score (nSPS) is 17.7. The maximum atomic E-state index is 13.5. The van der Waals surface area contributed by atoms with Crippen molar-refractivity contribution >= 4 is 10.0 Å². The van der Waals surface area contributed by atoms with Gasteiger partial charge in [-0.3, -0.25) is 0 Å². The number of nitrogens with zero attached hydrogens (tertiary/aromatic N) is 3. The van der Waals surface area contributed by atoms with Crippen molar-refractivity contribution in [3.8, 4) is 11.4 Å². The Kier molecular flexibility index (Phi) is 5.04. The molecule has 1 atom stereocenters. The van der Waals surface area contributed by atoms with Gasteiger partial charge in [-0.2, -0.15) is 9.29 Å². The molecule has 1 aromatic heterocycles. The zero-order valence-electron chi connectivity index (χ0n) is 17.1. The summed E-state index contributed by atoms with van der Waals surface area (Å²) >= 11 is 0. The van der Waals surface area contributed by atoms with E-state index in [9.17, 15) is 8.42 Å². The van der Waals surface area contributed by atoms with Crippen LogP contribution in [0.1, 0.15) is 47.0 Å². The van der Waals surface area contributed by atoms with Crippen LogP contribution in [0.5, 0.6) is 0 Å². The van der Waals surface area contributed by atoms with Crippen molar-refractivity contribution in [3.05, 3.63) is 64.5 Å². The number of benzene rings is 2. The van der Waals surface area contributed by atoms with Gasteiger partial charge < -0.3 is 4.52 Å². The molecule has 0 spiro atoms. The first-order chi connectivity index (χ1) is 13.8. The second kappa shape index (κ2) is 7.39. The van der Waals surface area contributed by atoms with Crippen molar-refractivity contribution in [1.29, 1.82) is 0 Å². The minimum atomic E-state index is -3.67. The smallest absolute Gasteiger partial charge is 0.245 e. The van der Waals surface area contributed by atoms with Gasteiger partial charge in [0.25, 0.3) is 0 Å². The van der Waals surface area contributed by atoms with Crippen LogP contribution in [0.2, 0.25) is 0 Å². The highest BCUT2D eigenvalue weighted by Gasteiger charge is 2.40. The summed E-state index contributed by atoms with van der Waals surface area (Å²) < 4.78 is 34.1. The van der Waals surface area contributed by atoms with Gasteiger partial charge >= 0.3 is 0 Å². The van der Waals surface area contributed by atoms with E-state index in [1.54, 1.807) is 0 Å². The molecule has 0 saturated carbocycles. The van der Waals surface area contributed by atoms with Crippen molar-refractivity contribution in [2.45, 2.75) is 51.5 Å². The third kappa shape index (κ3) is 3.49. The molecule has 0 aliphatic carbocycles. The molecule has 152 valence electrons. The van der Waals surface area contributed by atoms with E-state index in [0.717, 1.165) is 34.2 Å². The lowest BCUT2D eigenvalue weighted by Crippen LogP contribution is -2.32. The molecule has 0 unspecified atom stereocenters. The zero-order chi connectivity index (χ0) is 20.8. The van der Waals surface area contributed by atoms with Crippen molar-refractivity contribution in [1.82, 2.24) is 14.4 Å². The van der Waals surface area contributed by atoms with Gasteiger partial charge in [-0.25, -0.2) is 8.42 Å². The Morgan fingerprint density at radius 3 is 2.41 bits per heavy atom. The quantitative estimate of drug-likeness (QED) is 0.632. The molecule has 0 amide bonds. The van der Waals surface area contributed by atoms with E-state index in [1.807, 2.05) is 64.1 Å². The molecular formula is C22H25N3O3S. The van der Waals surface area contributed by atoms with Gasteiger partial charge in [0.1, 0.15) is 6.04 Å². The van der Waals surface area contributed by atoms with E-state index >= 15 is 0 Å². The predicted molar refractivity (Wildman–Crippen MR) is 111 cm³/mol. The van der Waals surface area contributed by atoms with Crippen molar-refractivity contribution < 1.29 is 12.9 Å². The fraction of sp³-hybridized carbons (Fsp3) is 0.364. The minimum Gasteiger partial charge on any atom is -0.337 e. The highest BCUT2D eigenvalue weighted by Crippen LogP contribution is 2.38. The molecule has 0 N–H and O–H groups in total. The molecule has 7 heteroatoms. The van der Waals surface area contributed by atoms with Gasteiger partial charge in [-0.15, -0.1) is 0 Å². The van der Waals surface area contributed by atoms with E-state index in [2.05, 4.69) is 10.1 Å². The van der Waals surface area contributed by atoms with E-state index in [0.29, 0.717) is 29.6 Å². The van der Waals surface area contributed by atoms with Crippen molar-refractivity contribution in [2.75, 3.05) is 6.54 Å². The number of aromatic nitrogens is 2. The van der Waals surface area contributed by atoms with Crippen LogP contribution in [0.4, 0.5) is 0 Å². The summed E-state index contributed by atoms with van der Waals surface area (Å²) in [6.07, 6.45) is 1.43. The van der Waals surface area contributed by atoms with Crippen LogP contribution in [0.3, 0.4) is 0 Å². The first-order valence-corrected chi connectivity index (χ1v) is 11.2. The number of sulfonamides is 1. The Hall–Kier alpha value is -2.51. The average molecular weight is 412 g/mol. The average Bonchev–Trinajstić information content (AvgIpc) is 3.30. The Labute approximate surface area is 171 Å². The fourth-order valence-electron chi connectivity index (χ4n) is 4.27. The largest absolute Gasteiger partial charge is 0.337 e. The SMILES string of the molecule is Cc1cc(C)c(S(=O)(=O)N2CCC[C@@H]2c2nc(-c3ccccc3C)no2)c(C)c1. The maximum Gasteiger partial charge on any atom is 0.245 e. The lowest BCUT2D eigenvalue weighted by atomic mass is 10.1. The summed E-state index contributed by atoms with van der Waals surface area (Å²) in [4.78, 5) is 4.94. The number of hydrogen-bond donors (Lipinski definition) is 0. The van der Waals surface area contributed by atoms with E-state index < -0.39 is 16.1 Å². The van der Waals surface area contributed by atoms with Crippen LogP contribution in [0, 0.1) is 27.7 Å². The maximum absolute atomic E-state index is 13.5. The Balaban J connectivity index is 1.71.